The van der Waals surface area contributed by atoms with Crippen LogP contribution in [0.2, 0.25) is 0 Å². The summed E-state index contributed by atoms with van der Waals surface area (Å²) in [4.78, 5) is 12.3. The molecule has 2 rings (SSSR count). The van der Waals surface area contributed by atoms with E-state index >= 15 is 0 Å². The van der Waals surface area contributed by atoms with Crippen molar-refractivity contribution in [2.24, 2.45) is 5.92 Å². The van der Waals surface area contributed by atoms with Crippen molar-refractivity contribution >= 4 is 11.4 Å². The van der Waals surface area contributed by atoms with Crippen molar-refractivity contribution in [2.75, 3.05) is 18.0 Å². The molecule has 2 atom stereocenters. The summed E-state index contributed by atoms with van der Waals surface area (Å²) >= 11 is 0. The molecule has 1 heterocycles. The van der Waals surface area contributed by atoms with E-state index in [1.165, 1.54) is 12.1 Å². The van der Waals surface area contributed by atoms with Crippen LogP contribution in [0.1, 0.15) is 18.9 Å². The van der Waals surface area contributed by atoms with Crippen LogP contribution < -0.4 is 4.90 Å². The van der Waals surface area contributed by atoms with Gasteiger partial charge in [-0.05, 0) is 18.4 Å². The monoisotopic (exact) mass is 266 g/mol. The highest BCUT2D eigenvalue weighted by molar-refractivity contribution is 5.58. The number of piperidine rings is 1. The topological polar surface area (TPSA) is 86.8 Å². The molecular formula is C13H18N2O4. The maximum Gasteiger partial charge on any atom is 0.269 e. The van der Waals surface area contributed by atoms with E-state index in [2.05, 4.69) is 4.90 Å². The third-order valence-corrected chi connectivity index (χ3v) is 3.64. The predicted octanol–water partition coefficient (Wildman–Crippen LogP) is 1.29. The third kappa shape index (κ3) is 2.85. The van der Waals surface area contributed by atoms with Gasteiger partial charge in [0, 0.05) is 36.5 Å². The molecule has 2 unspecified atom stereocenters. The second-order valence-corrected chi connectivity index (χ2v) is 5.01. The summed E-state index contributed by atoms with van der Waals surface area (Å²) in [5, 5.41) is 29.8. The van der Waals surface area contributed by atoms with Crippen molar-refractivity contribution < 1.29 is 15.1 Å². The van der Waals surface area contributed by atoms with Crippen LogP contribution in [0.5, 0.6) is 0 Å². The summed E-state index contributed by atoms with van der Waals surface area (Å²) in [6.07, 6.45) is 0.370. The quantitative estimate of drug-likeness (QED) is 0.636. The van der Waals surface area contributed by atoms with Gasteiger partial charge in [0.1, 0.15) is 0 Å². The van der Waals surface area contributed by atoms with Gasteiger partial charge in [-0.2, -0.15) is 0 Å². The minimum absolute atomic E-state index is 0.0158. The molecule has 19 heavy (non-hydrogen) atoms. The van der Waals surface area contributed by atoms with Crippen LogP contribution in [-0.4, -0.2) is 34.3 Å². The SMILES string of the molecule is CC1CN(c2ccc([N+](=O)[O-])cc2CO)CCC1O. The fraction of sp³-hybridized carbons (Fsp3) is 0.538. The van der Waals surface area contributed by atoms with Crippen LogP contribution in [-0.2, 0) is 6.61 Å². The van der Waals surface area contributed by atoms with Crippen molar-refractivity contribution in [2.45, 2.75) is 26.1 Å². The van der Waals surface area contributed by atoms with Gasteiger partial charge in [0.25, 0.3) is 5.69 Å². The minimum Gasteiger partial charge on any atom is -0.393 e. The Kier molecular flexibility index (Phi) is 4.01. The molecule has 0 aliphatic carbocycles. The van der Waals surface area contributed by atoms with E-state index < -0.39 is 4.92 Å². The Morgan fingerprint density at radius 3 is 2.84 bits per heavy atom. The van der Waals surface area contributed by atoms with Crippen LogP contribution in [0, 0.1) is 16.0 Å². The second kappa shape index (κ2) is 5.54. The maximum absolute atomic E-state index is 10.7. The predicted molar refractivity (Wildman–Crippen MR) is 71.0 cm³/mol. The number of nitrogens with zero attached hydrogens (tertiary/aromatic N) is 2. The van der Waals surface area contributed by atoms with Gasteiger partial charge >= 0.3 is 0 Å². The molecule has 0 aromatic heterocycles. The lowest BCUT2D eigenvalue weighted by Gasteiger charge is -2.36. The fourth-order valence-corrected chi connectivity index (χ4v) is 2.47. The Hall–Kier alpha value is -1.66. The van der Waals surface area contributed by atoms with E-state index in [0.29, 0.717) is 25.1 Å². The summed E-state index contributed by atoms with van der Waals surface area (Å²) < 4.78 is 0. The second-order valence-electron chi connectivity index (χ2n) is 5.01. The number of nitro groups is 1. The molecule has 6 nitrogen and oxygen atoms in total. The molecule has 1 aliphatic heterocycles. The number of anilines is 1. The average molecular weight is 266 g/mol. The standard InChI is InChI=1S/C13H18N2O4/c1-9-7-14(5-4-13(9)17)12-3-2-11(15(18)19)6-10(12)8-16/h2-3,6,9,13,16-17H,4-5,7-8H2,1H3. The third-order valence-electron chi connectivity index (χ3n) is 3.64. The van der Waals surface area contributed by atoms with E-state index in [0.717, 1.165) is 5.69 Å². The molecule has 104 valence electrons. The highest BCUT2D eigenvalue weighted by Crippen LogP contribution is 2.29. The van der Waals surface area contributed by atoms with Crippen molar-refractivity contribution in [3.05, 3.63) is 33.9 Å². The smallest absolute Gasteiger partial charge is 0.269 e. The zero-order valence-corrected chi connectivity index (χ0v) is 10.8. The highest BCUT2D eigenvalue weighted by atomic mass is 16.6. The van der Waals surface area contributed by atoms with Crippen molar-refractivity contribution in [3.63, 3.8) is 0 Å². The molecule has 1 saturated heterocycles. The van der Waals surface area contributed by atoms with Gasteiger partial charge in [-0.3, -0.25) is 10.1 Å². The Morgan fingerprint density at radius 1 is 1.53 bits per heavy atom. The van der Waals surface area contributed by atoms with Crippen molar-refractivity contribution in [1.29, 1.82) is 0 Å². The van der Waals surface area contributed by atoms with Gasteiger partial charge < -0.3 is 15.1 Å². The summed E-state index contributed by atoms with van der Waals surface area (Å²) in [5.74, 6) is 0.149. The normalized spacial score (nSPS) is 23.4. The van der Waals surface area contributed by atoms with E-state index in [1.807, 2.05) is 6.92 Å². The molecule has 6 heteroatoms. The van der Waals surface area contributed by atoms with Gasteiger partial charge in [0.15, 0.2) is 0 Å². The van der Waals surface area contributed by atoms with E-state index in [4.69, 9.17) is 0 Å². The van der Waals surface area contributed by atoms with Crippen molar-refractivity contribution in [1.82, 2.24) is 0 Å². The first-order valence-electron chi connectivity index (χ1n) is 6.34. The van der Waals surface area contributed by atoms with Gasteiger partial charge in [0.2, 0.25) is 0 Å². The first kappa shape index (κ1) is 13.8. The summed E-state index contributed by atoms with van der Waals surface area (Å²) in [6, 6.07) is 4.53. The number of nitro benzene ring substituents is 1. The average Bonchev–Trinajstić information content (AvgIpc) is 2.41. The van der Waals surface area contributed by atoms with E-state index in [-0.39, 0.29) is 24.3 Å². The molecular weight excluding hydrogens is 248 g/mol. The lowest BCUT2D eigenvalue weighted by Crippen LogP contribution is -2.42. The molecule has 0 amide bonds. The molecule has 0 radical (unpaired) electrons. The summed E-state index contributed by atoms with van der Waals surface area (Å²) in [6.45, 7) is 3.12. The summed E-state index contributed by atoms with van der Waals surface area (Å²) in [7, 11) is 0. The summed E-state index contributed by atoms with van der Waals surface area (Å²) in [5.41, 5.74) is 1.35. The number of aliphatic hydroxyl groups excluding tert-OH is 2. The number of benzene rings is 1. The van der Waals surface area contributed by atoms with Crippen LogP contribution in [0.25, 0.3) is 0 Å². The van der Waals surface area contributed by atoms with Gasteiger partial charge in [-0.1, -0.05) is 6.92 Å². The number of non-ortho nitro benzene ring substituents is 1. The molecule has 2 N–H and O–H groups in total. The Balaban J connectivity index is 2.27. The Labute approximate surface area is 111 Å². The van der Waals surface area contributed by atoms with E-state index in [1.54, 1.807) is 6.07 Å². The molecule has 1 aromatic carbocycles. The number of rotatable bonds is 3. The minimum atomic E-state index is -0.467. The number of aliphatic hydroxyl groups is 2. The lowest BCUT2D eigenvalue weighted by molar-refractivity contribution is -0.384. The highest BCUT2D eigenvalue weighted by Gasteiger charge is 2.26. The first-order valence-corrected chi connectivity index (χ1v) is 6.34. The molecule has 1 aromatic rings. The van der Waals surface area contributed by atoms with Crippen LogP contribution in [0.3, 0.4) is 0 Å². The lowest BCUT2D eigenvalue weighted by atomic mass is 9.95. The molecule has 1 aliphatic rings. The van der Waals surface area contributed by atoms with Gasteiger partial charge in [-0.25, -0.2) is 0 Å². The largest absolute Gasteiger partial charge is 0.393 e. The molecule has 1 fully saturated rings. The molecule has 0 bridgehead atoms. The van der Waals surface area contributed by atoms with Crippen LogP contribution in [0.15, 0.2) is 18.2 Å². The van der Waals surface area contributed by atoms with Crippen LogP contribution in [0.4, 0.5) is 11.4 Å². The number of hydrogen-bond acceptors (Lipinski definition) is 5. The van der Waals surface area contributed by atoms with E-state index in [9.17, 15) is 20.3 Å². The fourth-order valence-electron chi connectivity index (χ4n) is 2.47. The molecule has 0 saturated carbocycles. The van der Waals surface area contributed by atoms with Gasteiger partial charge in [-0.15, -0.1) is 0 Å². The van der Waals surface area contributed by atoms with Crippen LogP contribution >= 0.6 is 0 Å². The van der Waals surface area contributed by atoms with Crippen molar-refractivity contribution in [3.8, 4) is 0 Å². The zero-order chi connectivity index (χ0) is 14.0. The first-order chi connectivity index (χ1) is 9.02. The molecule has 0 spiro atoms. The maximum atomic E-state index is 10.7. The zero-order valence-electron chi connectivity index (χ0n) is 10.8. The Morgan fingerprint density at radius 2 is 2.26 bits per heavy atom. The van der Waals surface area contributed by atoms with Gasteiger partial charge in [0.05, 0.1) is 17.6 Å². The Bertz CT molecular complexity index is 478. The number of hydrogen-bond donors (Lipinski definition) is 2.